The van der Waals surface area contributed by atoms with Crippen molar-refractivity contribution in [2.24, 2.45) is 0 Å². The molecular weight excluding hydrogens is 454 g/mol. The van der Waals surface area contributed by atoms with Gasteiger partial charge in [0.15, 0.2) is 16.4 Å². The number of amides is 1. The smallest absolute Gasteiger partial charge is 0.261 e. The van der Waals surface area contributed by atoms with E-state index in [4.69, 9.17) is 16.3 Å². The van der Waals surface area contributed by atoms with Crippen molar-refractivity contribution < 1.29 is 17.9 Å². The molecule has 0 spiro atoms. The summed E-state index contributed by atoms with van der Waals surface area (Å²) >= 11 is 9.36. The number of rotatable bonds is 6. The summed E-state index contributed by atoms with van der Waals surface area (Å²) in [4.78, 5) is 14.5. The first-order chi connectivity index (χ1) is 12.8. The zero-order valence-corrected chi connectivity index (χ0v) is 17.6. The van der Waals surface area contributed by atoms with E-state index in [9.17, 15) is 13.2 Å². The molecule has 1 saturated heterocycles. The van der Waals surface area contributed by atoms with E-state index in [0.717, 1.165) is 10.0 Å². The molecule has 0 aromatic heterocycles. The van der Waals surface area contributed by atoms with Crippen molar-refractivity contribution in [3.63, 3.8) is 0 Å². The maximum Gasteiger partial charge on any atom is 0.261 e. The van der Waals surface area contributed by atoms with Crippen LogP contribution >= 0.6 is 27.5 Å². The second kappa shape index (κ2) is 8.63. The van der Waals surface area contributed by atoms with Crippen molar-refractivity contribution in [2.75, 3.05) is 18.1 Å². The van der Waals surface area contributed by atoms with Crippen LogP contribution < -0.4 is 4.74 Å². The lowest BCUT2D eigenvalue weighted by molar-refractivity contribution is -0.136. The molecule has 2 aromatic carbocycles. The molecule has 1 unspecified atom stereocenters. The summed E-state index contributed by atoms with van der Waals surface area (Å²) in [7, 11) is -3.11. The predicted molar refractivity (Wildman–Crippen MR) is 109 cm³/mol. The van der Waals surface area contributed by atoms with E-state index in [0.29, 0.717) is 23.7 Å². The van der Waals surface area contributed by atoms with Crippen molar-refractivity contribution in [1.29, 1.82) is 0 Å². The highest BCUT2D eigenvalue weighted by atomic mass is 79.9. The molecule has 1 aliphatic rings. The van der Waals surface area contributed by atoms with Gasteiger partial charge in [-0.25, -0.2) is 8.42 Å². The molecule has 3 rings (SSSR count). The molecule has 1 amide bonds. The molecule has 144 valence electrons. The summed E-state index contributed by atoms with van der Waals surface area (Å²) in [5.41, 5.74) is 0.921. The number of carbonyl (C=O) groups is 1. The second-order valence-corrected chi connectivity index (χ2v) is 10.0. The summed E-state index contributed by atoms with van der Waals surface area (Å²) in [6.07, 6.45) is 0.444. The van der Waals surface area contributed by atoms with Gasteiger partial charge in [-0.05, 0) is 42.3 Å². The SMILES string of the molecule is O=C(COc1cccc(Cl)c1)N(Cc1cccc(Br)c1)C1CCS(=O)(=O)C1. The van der Waals surface area contributed by atoms with E-state index in [1.54, 1.807) is 29.2 Å². The van der Waals surface area contributed by atoms with Gasteiger partial charge in [0.1, 0.15) is 5.75 Å². The average Bonchev–Trinajstić information content (AvgIpc) is 2.97. The lowest BCUT2D eigenvalue weighted by Crippen LogP contribution is -2.43. The fraction of sp³-hybridized carbons (Fsp3) is 0.316. The summed E-state index contributed by atoms with van der Waals surface area (Å²) in [5.74, 6) is 0.341. The number of ether oxygens (including phenoxy) is 1. The molecule has 0 aliphatic carbocycles. The molecular formula is C19H19BrClNO4S. The Bertz CT molecular complexity index is 935. The largest absolute Gasteiger partial charge is 0.484 e. The zero-order chi connectivity index (χ0) is 19.4. The first-order valence-corrected chi connectivity index (χ1v) is 11.4. The molecule has 2 aromatic rings. The van der Waals surface area contributed by atoms with E-state index in [-0.39, 0.29) is 30.1 Å². The van der Waals surface area contributed by atoms with Gasteiger partial charge < -0.3 is 9.64 Å². The van der Waals surface area contributed by atoms with Gasteiger partial charge in [0.2, 0.25) is 0 Å². The van der Waals surface area contributed by atoms with Crippen LogP contribution in [0.1, 0.15) is 12.0 Å². The Labute approximate surface area is 172 Å². The van der Waals surface area contributed by atoms with Crippen LogP contribution in [0.25, 0.3) is 0 Å². The number of halogens is 2. The predicted octanol–water partition coefficient (Wildman–Crippen LogP) is 3.70. The van der Waals surface area contributed by atoms with Crippen molar-refractivity contribution in [2.45, 2.75) is 19.0 Å². The van der Waals surface area contributed by atoms with Crippen LogP contribution in [0.3, 0.4) is 0 Å². The zero-order valence-electron chi connectivity index (χ0n) is 14.5. The molecule has 0 saturated carbocycles. The molecule has 8 heteroatoms. The van der Waals surface area contributed by atoms with E-state index >= 15 is 0 Å². The Morgan fingerprint density at radius 1 is 1.22 bits per heavy atom. The molecule has 1 aliphatic heterocycles. The fourth-order valence-electron chi connectivity index (χ4n) is 3.06. The third-order valence-corrected chi connectivity index (χ3v) is 6.85. The lowest BCUT2D eigenvalue weighted by atomic mass is 10.1. The minimum atomic E-state index is -3.11. The van der Waals surface area contributed by atoms with Gasteiger partial charge in [-0.3, -0.25) is 4.79 Å². The first kappa shape index (κ1) is 20.2. The van der Waals surface area contributed by atoms with Gasteiger partial charge in [0, 0.05) is 22.1 Å². The van der Waals surface area contributed by atoms with Crippen LogP contribution in [0, 0.1) is 0 Å². The molecule has 27 heavy (non-hydrogen) atoms. The molecule has 0 radical (unpaired) electrons. The topological polar surface area (TPSA) is 63.7 Å². The third-order valence-electron chi connectivity index (χ3n) is 4.37. The number of hydrogen-bond donors (Lipinski definition) is 0. The summed E-state index contributed by atoms with van der Waals surface area (Å²) in [5, 5.41) is 0.521. The molecule has 0 N–H and O–H groups in total. The molecule has 1 fully saturated rings. The molecule has 5 nitrogen and oxygen atoms in total. The van der Waals surface area contributed by atoms with E-state index in [1.807, 2.05) is 24.3 Å². The molecule has 1 atom stereocenters. The van der Waals surface area contributed by atoms with Crippen molar-refractivity contribution in [1.82, 2.24) is 4.90 Å². The van der Waals surface area contributed by atoms with Gasteiger partial charge in [-0.2, -0.15) is 0 Å². The monoisotopic (exact) mass is 471 g/mol. The van der Waals surface area contributed by atoms with E-state index in [1.165, 1.54) is 0 Å². The van der Waals surface area contributed by atoms with Crippen LogP contribution in [0.2, 0.25) is 5.02 Å². The van der Waals surface area contributed by atoms with Gasteiger partial charge in [0.05, 0.1) is 11.5 Å². The quantitative estimate of drug-likeness (QED) is 0.643. The Morgan fingerprint density at radius 2 is 2.00 bits per heavy atom. The lowest BCUT2D eigenvalue weighted by Gasteiger charge is -2.28. The number of benzene rings is 2. The average molecular weight is 473 g/mol. The standard InChI is InChI=1S/C19H19BrClNO4S/c20-15-4-1-3-14(9-15)11-22(17-7-8-27(24,25)13-17)19(23)12-26-18-6-2-5-16(21)10-18/h1-6,9-10,17H,7-8,11-13H2. The maximum absolute atomic E-state index is 12.9. The van der Waals surface area contributed by atoms with Gasteiger partial charge in [0.25, 0.3) is 5.91 Å². The highest BCUT2D eigenvalue weighted by Gasteiger charge is 2.34. The molecule has 0 bridgehead atoms. The Balaban J connectivity index is 1.75. The van der Waals surface area contributed by atoms with Crippen LogP contribution in [0.5, 0.6) is 5.75 Å². The van der Waals surface area contributed by atoms with E-state index < -0.39 is 9.84 Å². The van der Waals surface area contributed by atoms with Crippen LogP contribution in [0.15, 0.2) is 53.0 Å². The van der Waals surface area contributed by atoms with Crippen molar-refractivity contribution >= 4 is 43.3 Å². The van der Waals surface area contributed by atoms with Gasteiger partial charge >= 0.3 is 0 Å². The number of hydrogen-bond acceptors (Lipinski definition) is 4. The van der Waals surface area contributed by atoms with Gasteiger partial charge in [-0.15, -0.1) is 0 Å². The number of nitrogens with zero attached hydrogens (tertiary/aromatic N) is 1. The summed E-state index contributed by atoms with van der Waals surface area (Å²) < 4.78 is 30.3. The first-order valence-electron chi connectivity index (χ1n) is 8.45. The second-order valence-electron chi connectivity index (χ2n) is 6.45. The Kier molecular flexibility index (Phi) is 6.44. The van der Waals surface area contributed by atoms with Crippen LogP contribution in [-0.2, 0) is 21.2 Å². The normalized spacial score (nSPS) is 18.2. The Hall–Kier alpha value is -1.57. The number of carbonyl (C=O) groups excluding carboxylic acids is 1. The minimum Gasteiger partial charge on any atom is -0.484 e. The summed E-state index contributed by atoms with van der Waals surface area (Å²) in [6.45, 7) is 0.155. The third kappa shape index (κ3) is 5.70. The van der Waals surface area contributed by atoms with Crippen LogP contribution in [0.4, 0.5) is 0 Å². The molecule has 1 heterocycles. The van der Waals surface area contributed by atoms with E-state index in [2.05, 4.69) is 15.9 Å². The highest BCUT2D eigenvalue weighted by Crippen LogP contribution is 2.22. The van der Waals surface area contributed by atoms with Crippen LogP contribution in [-0.4, -0.2) is 43.4 Å². The fourth-order valence-corrected chi connectivity index (χ4v) is 5.42. The highest BCUT2D eigenvalue weighted by molar-refractivity contribution is 9.10. The van der Waals surface area contributed by atoms with Crippen molar-refractivity contribution in [3.8, 4) is 5.75 Å². The Morgan fingerprint density at radius 3 is 2.67 bits per heavy atom. The maximum atomic E-state index is 12.9. The van der Waals surface area contributed by atoms with Gasteiger partial charge in [-0.1, -0.05) is 45.7 Å². The minimum absolute atomic E-state index is 0.0100. The summed E-state index contributed by atoms with van der Waals surface area (Å²) in [6, 6.07) is 14.1. The van der Waals surface area contributed by atoms with Crippen molar-refractivity contribution in [3.05, 3.63) is 63.6 Å². The number of sulfone groups is 1.